The maximum absolute atomic E-state index is 13.0. The van der Waals surface area contributed by atoms with Gasteiger partial charge < -0.3 is 15.8 Å². The molecule has 1 saturated heterocycles. The number of nitrogens with zero attached hydrogens (tertiary/aromatic N) is 1. The van der Waals surface area contributed by atoms with Crippen molar-refractivity contribution < 1.29 is 9.53 Å². The Kier molecular flexibility index (Phi) is 6.21. The van der Waals surface area contributed by atoms with Crippen LogP contribution in [-0.4, -0.2) is 53.7 Å². The third-order valence-corrected chi connectivity index (χ3v) is 7.37. The van der Waals surface area contributed by atoms with E-state index in [-0.39, 0.29) is 17.4 Å². The van der Waals surface area contributed by atoms with Gasteiger partial charge in [0.25, 0.3) is 0 Å². The molecule has 1 aromatic rings. The molecule has 1 saturated carbocycles. The van der Waals surface area contributed by atoms with Crippen molar-refractivity contribution in [2.45, 2.75) is 52.3 Å². The summed E-state index contributed by atoms with van der Waals surface area (Å²) in [5, 5.41) is 3.11. The molecule has 1 amide bonds. The zero-order valence-electron chi connectivity index (χ0n) is 17.0. The van der Waals surface area contributed by atoms with Crippen LogP contribution in [0.3, 0.4) is 0 Å². The highest BCUT2D eigenvalue weighted by Gasteiger charge is 2.62. The molecular weight excluding hydrogens is 358 g/mol. The fourth-order valence-electron chi connectivity index (χ4n) is 4.04. The topological polar surface area (TPSA) is 67.6 Å². The van der Waals surface area contributed by atoms with E-state index in [4.69, 9.17) is 10.5 Å². The van der Waals surface area contributed by atoms with Gasteiger partial charge in [-0.05, 0) is 31.0 Å². The highest BCUT2D eigenvalue weighted by atomic mass is 32.2. The Bertz CT molecular complexity index is 688. The lowest BCUT2D eigenvalue weighted by Gasteiger charge is -2.57. The Balaban J connectivity index is 1.70. The smallest absolute Gasteiger partial charge is 0.245 e. The minimum Gasteiger partial charge on any atom is -0.378 e. The average molecular weight is 392 g/mol. The van der Waals surface area contributed by atoms with Gasteiger partial charge in [-0.15, -0.1) is 0 Å². The predicted octanol–water partition coefficient (Wildman–Crippen LogP) is 3.01. The second-order valence-corrected chi connectivity index (χ2v) is 9.50. The van der Waals surface area contributed by atoms with Crippen LogP contribution in [0.15, 0.2) is 18.2 Å². The fourth-order valence-corrected chi connectivity index (χ4v) is 5.02. The van der Waals surface area contributed by atoms with Crippen LogP contribution in [0.2, 0.25) is 0 Å². The summed E-state index contributed by atoms with van der Waals surface area (Å²) in [6.07, 6.45) is 0.590. The Morgan fingerprint density at radius 1 is 1.37 bits per heavy atom. The van der Waals surface area contributed by atoms with E-state index >= 15 is 0 Å². The SMILES string of the molecule is CCOC1CC(N)(C(=O)Nc2cccc(CN3CCSCC3)c2C)C1(C)C. The number of nitrogens with two attached hydrogens (primary N) is 1. The maximum Gasteiger partial charge on any atom is 0.245 e. The fraction of sp³-hybridized carbons (Fsp3) is 0.667. The summed E-state index contributed by atoms with van der Waals surface area (Å²) in [6, 6.07) is 6.15. The lowest BCUT2D eigenvalue weighted by atomic mass is 9.54. The first kappa shape index (κ1) is 20.6. The first-order valence-corrected chi connectivity index (χ1v) is 11.1. The third-order valence-electron chi connectivity index (χ3n) is 6.43. The Hall–Kier alpha value is -1.08. The maximum atomic E-state index is 13.0. The molecule has 3 N–H and O–H groups in total. The van der Waals surface area contributed by atoms with Gasteiger partial charge >= 0.3 is 0 Å². The molecule has 2 unspecified atom stereocenters. The number of rotatable bonds is 6. The molecule has 2 atom stereocenters. The van der Waals surface area contributed by atoms with Crippen LogP contribution in [0, 0.1) is 12.3 Å². The van der Waals surface area contributed by atoms with Gasteiger partial charge in [-0.2, -0.15) is 11.8 Å². The first-order chi connectivity index (χ1) is 12.8. The zero-order chi connectivity index (χ0) is 19.7. The van der Waals surface area contributed by atoms with E-state index in [0.29, 0.717) is 13.0 Å². The van der Waals surface area contributed by atoms with E-state index in [1.54, 1.807) is 0 Å². The molecule has 3 rings (SSSR count). The molecule has 0 aromatic heterocycles. The number of nitrogens with one attached hydrogen (secondary N) is 1. The zero-order valence-corrected chi connectivity index (χ0v) is 17.8. The van der Waals surface area contributed by atoms with Gasteiger partial charge in [0.05, 0.1) is 6.10 Å². The van der Waals surface area contributed by atoms with Gasteiger partial charge in [0.2, 0.25) is 5.91 Å². The molecule has 150 valence electrons. The Morgan fingerprint density at radius 2 is 2.07 bits per heavy atom. The highest BCUT2D eigenvalue weighted by Crippen LogP contribution is 2.50. The molecular formula is C21H33N3O2S. The van der Waals surface area contributed by atoms with Crippen LogP contribution in [0.25, 0.3) is 0 Å². The molecule has 0 radical (unpaired) electrons. The number of carbonyl (C=O) groups is 1. The Morgan fingerprint density at radius 3 is 2.70 bits per heavy atom. The van der Waals surface area contributed by atoms with Crippen molar-refractivity contribution in [1.29, 1.82) is 0 Å². The molecule has 27 heavy (non-hydrogen) atoms. The van der Waals surface area contributed by atoms with Crippen molar-refractivity contribution in [3.63, 3.8) is 0 Å². The molecule has 5 nitrogen and oxygen atoms in total. The third kappa shape index (κ3) is 3.90. The van der Waals surface area contributed by atoms with Gasteiger partial charge in [0.15, 0.2) is 0 Å². The van der Waals surface area contributed by atoms with Gasteiger partial charge in [0.1, 0.15) is 5.54 Å². The van der Waals surface area contributed by atoms with Crippen LogP contribution in [0.1, 0.15) is 38.3 Å². The summed E-state index contributed by atoms with van der Waals surface area (Å²) in [4.78, 5) is 15.5. The normalized spacial score (nSPS) is 27.8. The summed E-state index contributed by atoms with van der Waals surface area (Å²) >= 11 is 2.02. The number of hydrogen-bond donors (Lipinski definition) is 2. The summed E-state index contributed by atoms with van der Waals surface area (Å²) < 4.78 is 5.75. The van der Waals surface area contributed by atoms with E-state index in [9.17, 15) is 4.79 Å². The van der Waals surface area contributed by atoms with Crippen LogP contribution in [0.5, 0.6) is 0 Å². The number of thioether (sulfide) groups is 1. The number of benzene rings is 1. The van der Waals surface area contributed by atoms with Crippen molar-refractivity contribution in [3.8, 4) is 0 Å². The first-order valence-electron chi connectivity index (χ1n) is 9.90. The summed E-state index contributed by atoms with van der Waals surface area (Å²) in [5.74, 6) is 2.28. The van der Waals surface area contributed by atoms with E-state index in [1.807, 2.05) is 44.7 Å². The number of ether oxygens (including phenoxy) is 1. The molecule has 1 aliphatic heterocycles. The monoisotopic (exact) mass is 391 g/mol. The second kappa shape index (κ2) is 8.11. The number of hydrogen-bond acceptors (Lipinski definition) is 5. The number of anilines is 1. The number of carbonyl (C=O) groups excluding carboxylic acids is 1. The van der Waals surface area contributed by atoms with Crippen molar-refractivity contribution in [2.75, 3.05) is 36.5 Å². The van der Waals surface area contributed by atoms with E-state index in [0.717, 1.165) is 30.9 Å². The van der Waals surface area contributed by atoms with Crippen LogP contribution >= 0.6 is 11.8 Å². The molecule has 0 bridgehead atoms. The molecule has 1 aliphatic carbocycles. The summed E-state index contributed by atoms with van der Waals surface area (Å²) in [5.41, 5.74) is 8.50. The van der Waals surface area contributed by atoms with Gasteiger partial charge in [-0.3, -0.25) is 9.69 Å². The molecule has 6 heteroatoms. The van der Waals surface area contributed by atoms with Gasteiger partial charge in [0, 0.05) is 55.3 Å². The standard InChI is InChI=1S/C21H33N3O2S/c1-5-26-18-13-21(22,20(18,3)4)19(25)23-17-8-6-7-16(15(17)2)14-24-9-11-27-12-10-24/h6-8,18H,5,9-14,22H2,1-4H3,(H,23,25). The summed E-state index contributed by atoms with van der Waals surface area (Å²) in [6.45, 7) is 11.9. The summed E-state index contributed by atoms with van der Waals surface area (Å²) in [7, 11) is 0. The number of amides is 1. The van der Waals surface area contributed by atoms with Crippen LogP contribution in [-0.2, 0) is 16.1 Å². The van der Waals surface area contributed by atoms with Crippen molar-refractivity contribution in [1.82, 2.24) is 4.90 Å². The Labute approximate surface area is 167 Å². The second-order valence-electron chi connectivity index (χ2n) is 8.27. The molecule has 2 fully saturated rings. The average Bonchev–Trinajstić information content (AvgIpc) is 2.65. The minimum atomic E-state index is -0.903. The highest BCUT2D eigenvalue weighted by molar-refractivity contribution is 7.99. The largest absolute Gasteiger partial charge is 0.378 e. The quantitative estimate of drug-likeness (QED) is 0.780. The van der Waals surface area contributed by atoms with Gasteiger partial charge in [-0.1, -0.05) is 26.0 Å². The lowest BCUT2D eigenvalue weighted by Crippen LogP contribution is -2.74. The van der Waals surface area contributed by atoms with Crippen molar-refractivity contribution in [3.05, 3.63) is 29.3 Å². The van der Waals surface area contributed by atoms with E-state index in [2.05, 4.69) is 23.2 Å². The van der Waals surface area contributed by atoms with Crippen LogP contribution in [0.4, 0.5) is 5.69 Å². The minimum absolute atomic E-state index is 0.0302. The van der Waals surface area contributed by atoms with E-state index in [1.165, 1.54) is 17.1 Å². The van der Waals surface area contributed by atoms with Crippen LogP contribution < -0.4 is 11.1 Å². The van der Waals surface area contributed by atoms with Crippen molar-refractivity contribution in [2.24, 2.45) is 11.1 Å². The molecule has 1 heterocycles. The van der Waals surface area contributed by atoms with E-state index < -0.39 is 5.54 Å². The lowest BCUT2D eigenvalue weighted by molar-refractivity contribution is -0.166. The molecule has 0 spiro atoms. The molecule has 2 aliphatic rings. The van der Waals surface area contributed by atoms with Crippen molar-refractivity contribution >= 4 is 23.4 Å². The van der Waals surface area contributed by atoms with Gasteiger partial charge in [-0.25, -0.2) is 0 Å². The predicted molar refractivity (Wildman–Crippen MR) is 113 cm³/mol. The molecule has 1 aromatic carbocycles.